The van der Waals surface area contributed by atoms with E-state index in [4.69, 9.17) is 9.97 Å². The predicted octanol–water partition coefficient (Wildman–Crippen LogP) is 9.27. The summed E-state index contributed by atoms with van der Waals surface area (Å²) in [6.45, 7) is 9.21. The molecule has 0 fully saturated rings. The molecule has 0 bridgehead atoms. The lowest BCUT2D eigenvalue weighted by Gasteiger charge is -2.22. The number of nitrogens with zero attached hydrogens (tertiary/aromatic N) is 4. The van der Waals surface area contributed by atoms with Crippen LogP contribution >= 0.6 is 0 Å². The molecule has 0 aliphatic heterocycles. The Kier molecular flexibility index (Phi) is 4.96. The first-order chi connectivity index (χ1) is 19.9. The highest BCUT2D eigenvalue weighted by molar-refractivity contribution is 6.10. The van der Waals surface area contributed by atoms with Gasteiger partial charge in [0, 0.05) is 21.9 Å². The van der Waals surface area contributed by atoms with E-state index in [1.807, 2.05) is 12.1 Å². The van der Waals surface area contributed by atoms with Gasteiger partial charge in [-0.2, -0.15) is 0 Å². The highest BCUT2D eigenvalue weighted by atomic mass is 15.1. The lowest BCUT2D eigenvalue weighted by atomic mass is 9.81. The van der Waals surface area contributed by atoms with Gasteiger partial charge in [0.25, 0.3) is 0 Å². The summed E-state index contributed by atoms with van der Waals surface area (Å²) in [5.74, 6) is 1.72. The third-order valence-electron chi connectivity index (χ3n) is 9.16. The largest absolute Gasteiger partial charge is 0.294 e. The molecule has 0 saturated heterocycles. The minimum Gasteiger partial charge on any atom is -0.294 e. The van der Waals surface area contributed by atoms with E-state index in [9.17, 15) is 0 Å². The number of fused-ring (bicyclic) bond motifs is 5. The molecule has 0 N–H and O–H groups in total. The molecule has 8 rings (SSSR count). The molecule has 0 saturated carbocycles. The van der Waals surface area contributed by atoms with Gasteiger partial charge in [0.1, 0.15) is 11.5 Å². The maximum Gasteiger partial charge on any atom is 0.164 e. The fourth-order valence-corrected chi connectivity index (χ4v) is 6.67. The minimum absolute atomic E-state index is 0.0193. The van der Waals surface area contributed by atoms with Crippen LogP contribution in [0.15, 0.2) is 115 Å². The summed E-state index contributed by atoms with van der Waals surface area (Å²) < 4.78 is 4.52. The van der Waals surface area contributed by atoms with Crippen molar-refractivity contribution < 1.29 is 0 Å². The first kappa shape index (κ1) is 23.9. The van der Waals surface area contributed by atoms with Crippen molar-refractivity contribution in [2.24, 2.45) is 0 Å². The van der Waals surface area contributed by atoms with Crippen molar-refractivity contribution in [3.05, 3.63) is 126 Å². The SMILES string of the molecule is CC1=C(C)C(C)(C)c2cc3c4ccccc4n(-c4cccc(-c5nc6ccccc6n5-c5ccccc5)n4)c3cc21. The third kappa shape index (κ3) is 3.34. The molecule has 4 nitrogen and oxygen atoms in total. The van der Waals surface area contributed by atoms with Crippen molar-refractivity contribution in [3.8, 4) is 23.0 Å². The Hall–Kier alpha value is -4.96. The van der Waals surface area contributed by atoms with Crippen LogP contribution in [0.4, 0.5) is 0 Å². The van der Waals surface area contributed by atoms with Crippen molar-refractivity contribution in [3.63, 3.8) is 0 Å². The van der Waals surface area contributed by atoms with Crippen molar-refractivity contribution in [2.45, 2.75) is 33.1 Å². The highest BCUT2D eigenvalue weighted by Gasteiger charge is 2.34. The first-order valence-electron chi connectivity index (χ1n) is 14.2. The summed E-state index contributed by atoms with van der Waals surface area (Å²) in [5, 5.41) is 2.51. The second-order valence-corrected chi connectivity index (χ2v) is 11.6. The van der Waals surface area contributed by atoms with Gasteiger partial charge in [-0.15, -0.1) is 0 Å². The van der Waals surface area contributed by atoms with Crippen LogP contribution < -0.4 is 0 Å². The average Bonchev–Trinajstić information content (AvgIpc) is 3.60. The summed E-state index contributed by atoms with van der Waals surface area (Å²) in [6.07, 6.45) is 0. The molecule has 0 unspecified atom stereocenters. The summed E-state index contributed by atoms with van der Waals surface area (Å²) in [4.78, 5) is 10.4. The van der Waals surface area contributed by atoms with Crippen LogP contribution in [0.1, 0.15) is 38.8 Å². The molecule has 3 aromatic heterocycles. The number of pyridine rings is 1. The van der Waals surface area contributed by atoms with Crippen molar-refractivity contribution in [1.29, 1.82) is 0 Å². The molecule has 0 radical (unpaired) electrons. The van der Waals surface area contributed by atoms with E-state index in [0.717, 1.165) is 39.6 Å². The molecular formula is C37H30N4. The summed E-state index contributed by atoms with van der Waals surface area (Å²) >= 11 is 0. The number of imidazole rings is 1. The van der Waals surface area contributed by atoms with Crippen LogP contribution in [-0.4, -0.2) is 19.1 Å². The lowest BCUT2D eigenvalue weighted by molar-refractivity contribution is 0.639. The molecule has 0 amide bonds. The van der Waals surface area contributed by atoms with Gasteiger partial charge in [0.05, 0.1) is 22.1 Å². The van der Waals surface area contributed by atoms with Crippen molar-refractivity contribution >= 4 is 38.4 Å². The molecule has 198 valence electrons. The normalized spacial score (nSPS) is 14.4. The van der Waals surface area contributed by atoms with E-state index < -0.39 is 0 Å². The number of rotatable bonds is 3. The number of aromatic nitrogens is 4. The zero-order valence-corrected chi connectivity index (χ0v) is 23.7. The van der Waals surface area contributed by atoms with Crippen LogP contribution in [0.25, 0.3) is 61.4 Å². The van der Waals surface area contributed by atoms with E-state index in [2.05, 4.69) is 134 Å². The van der Waals surface area contributed by atoms with Crippen LogP contribution in [0.2, 0.25) is 0 Å². The highest BCUT2D eigenvalue weighted by Crippen LogP contribution is 2.48. The Morgan fingerprint density at radius 2 is 1.34 bits per heavy atom. The van der Waals surface area contributed by atoms with E-state index >= 15 is 0 Å². The number of hydrogen-bond donors (Lipinski definition) is 0. The van der Waals surface area contributed by atoms with Gasteiger partial charge < -0.3 is 0 Å². The van der Waals surface area contributed by atoms with Gasteiger partial charge in [-0.3, -0.25) is 9.13 Å². The topological polar surface area (TPSA) is 35.6 Å². The molecule has 0 spiro atoms. The monoisotopic (exact) mass is 530 g/mol. The van der Waals surface area contributed by atoms with E-state index in [1.54, 1.807) is 0 Å². The molecule has 4 heteroatoms. The minimum atomic E-state index is 0.0193. The summed E-state index contributed by atoms with van der Waals surface area (Å²) in [7, 11) is 0. The van der Waals surface area contributed by atoms with Crippen molar-refractivity contribution in [1.82, 2.24) is 19.1 Å². The van der Waals surface area contributed by atoms with Crippen LogP contribution in [0.3, 0.4) is 0 Å². The van der Waals surface area contributed by atoms with E-state index in [-0.39, 0.29) is 5.41 Å². The molecule has 7 aromatic rings. The third-order valence-corrected chi connectivity index (χ3v) is 9.16. The molecule has 1 aliphatic rings. The Morgan fingerprint density at radius 1 is 0.610 bits per heavy atom. The molecule has 0 atom stereocenters. The second-order valence-electron chi connectivity index (χ2n) is 11.6. The van der Waals surface area contributed by atoms with Gasteiger partial charge >= 0.3 is 0 Å². The first-order valence-corrected chi connectivity index (χ1v) is 14.2. The Balaban J connectivity index is 1.40. The summed E-state index contributed by atoms with van der Waals surface area (Å²) in [5.41, 5.74) is 11.8. The van der Waals surface area contributed by atoms with E-state index in [1.165, 1.54) is 38.6 Å². The molecule has 3 heterocycles. The fraction of sp³-hybridized carbons (Fsp3) is 0.135. The number of para-hydroxylation sites is 4. The lowest BCUT2D eigenvalue weighted by Crippen LogP contribution is -2.15. The average molecular weight is 531 g/mol. The predicted molar refractivity (Wildman–Crippen MR) is 170 cm³/mol. The fourth-order valence-electron chi connectivity index (χ4n) is 6.67. The van der Waals surface area contributed by atoms with Crippen LogP contribution in [-0.2, 0) is 5.41 Å². The quantitative estimate of drug-likeness (QED) is 0.228. The van der Waals surface area contributed by atoms with Crippen LogP contribution in [0.5, 0.6) is 0 Å². The van der Waals surface area contributed by atoms with Gasteiger partial charge in [0.2, 0.25) is 0 Å². The smallest absolute Gasteiger partial charge is 0.164 e. The van der Waals surface area contributed by atoms with E-state index in [0.29, 0.717) is 0 Å². The maximum absolute atomic E-state index is 5.29. The van der Waals surface area contributed by atoms with Gasteiger partial charge in [-0.05, 0) is 85.1 Å². The molecule has 41 heavy (non-hydrogen) atoms. The number of benzene rings is 4. The number of allylic oxidation sites excluding steroid dienone is 2. The Labute approximate surface area is 239 Å². The molecule has 4 aromatic carbocycles. The summed E-state index contributed by atoms with van der Waals surface area (Å²) in [6, 6.07) is 38.4. The molecule has 1 aliphatic carbocycles. The number of hydrogen-bond acceptors (Lipinski definition) is 2. The Bertz CT molecular complexity index is 2190. The maximum atomic E-state index is 5.29. The zero-order chi connectivity index (χ0) is 27.9. The molecular weight excluding hydrogens is 500 g/mol. The van der Waals surface area contributed by atoms with Gasteiger partial charge in [-0.1, -0.05) is 74.0 Å². The van der Waals surface area contributed by atoms with Gasteiger partial charge in [0.15, 0.2) is 5.82 Å². The standard InChI is InChI=1S/C37H30N4/c1-23-24(2)37(3,4)29-21-28-26-15-8-10-18-32(26)41(34(28)22-27(23)29)35-20-12-17-31(38-35)36-39-30-16-9-11-19-33(30)40(36)25-13-6-5-7-14-25/h5-22H,1-4H3. The Morgan fingerprint density at radius 3 is 2.17 bits per heavy atom. The zero-order valence-electron chi connectivity index (χ0n) is 23.7. The van der Waals surface area contributed by atoms with Crippen LogP contribution in [0, 0.1) is 0 Å². The van der Waals surface area contributed by atoms with Crippen molar-refractivity contribution in [2.75, 3.05) is 0 Å². The second kappa shape index (κ2) is 8.52. The van der Waals surface area contributed by atoms with Gasteiger partial charge in [-0.25, -0.2) is 9.97 Å².